The van der Waals surface area contributed by atoms with Crippen LogP contribution in [0.3, 0.4) is 0 Å². The molecule has 2 N–H and O–H groups in total. The molecule has 0 aliphatic carbocycles. The molecule has 0 unspecified atom stereocenters. The SMILES string of the molecule is COc1ccc(NC(=O)[C@@H](C)N2CCC(c3c[nH]c4ccccc34)CC2)c([N+](=O)[O-])c1. The Balaban J connectivity index is 1.40. The van der Waals surface area contributed by atoms with Gasteiger partial charge in [0.2, 0.25) is 5.91 Å². The smallest absolute Gasteiger partial charge is 0.296 e. The van der Waals surface area contributed by atoms with Gasteiger partial charge in [-0.2, -0.15) is 0 Å². The highest BCUT2D eigenvalue weighted by Gasteiger charge is 2.29. The standard InChI is InChI=1S/C23H26N4O4/c1-15(23(28)25-21-8-7-17(31-2)13-22(21)27(29)30)26-11-9-16(10-12-26)19-14-24-20-6-4-3-5-18(19)20/h3-8,13-16,24H,9-12H2,1-2H3,(H,25,28)/t15-/m1/s1. The second kappa shape index (κ2) is 8.77. The topological polar surface area (TPSA) is 100 Å². The fourth-order valence-corrected chi connectivity index (χ4v) is 4.33. The van der Waals surface area contributed by atoms with Crippen LogP contribution >= 0.6 is 0 Å². The molecule has 4 rings (SSSR count). The van der Waals surface area contributed by atoms with Crippen LogP contribution in [0.5, 0.6) is 5.75 Å². The van der Waals surface area contributed by atoms with E-state index in [9.17, 15) is 14.9 Å². The molecule has 1 saturated heterocycles. The summed E-state index contributed by atoms with van der Waals surface area (Å²) in [5.41, 5.74) is 2.48. The number of ether oxygens (including phenoxy) is 1. The van der Waals surface area contributed by atoms with Gasteiger partial charge in [-0.1, -0.05) is 18.2 Å². The van der Waals surface area contributed by atoms with Crippen LogP contribution in [0.15, 0.2) is 48.7 Å². The van der Waals surface area contributed by atoms with Crippen LogP contribution in [-0.2, 0) is 4.79 Å². The minimum absolute atomic E-state index is 0.177. The highest BCUT2D eigenvalue weighted by atomic mass is 16.6. The van der Waals surface area contributed by atoms with Crippen molar-refractivity contribution in [1.29, 1.82) is 0 Å². The van der Waals surface area contributed by atoms with E-state index < -0.39 is 4.92 Å². The Bertz CT molecular complexity index is 1100. The van der Waals surface area contributed by atoms with Crippen LogP contribution in [0.2, 0.25) is 0 Å². The van der Waals surface area contributed by atoms with E-state index in [1.165, 1.54) is 30.2 Å². The first-order valence-electron chi connectivity index (χ1n) is 10.4. The molecule has 3 aromatic rings. The lowest BCUT2D eigenvalue weighted by Crippen LogP contribution is -2.45. The summed E-state index contributed by atoms with van der Waals surface area (Å²) in [5.74, 6) is 0.571. The molecule has 1 amide bonds. The third-order valence-corrected chi connectivity index (χ3v) is 6.18. The molecule has 31 heavy (non-hydrogen) atoms. The monoisotopic (exact) mass is 422 g/mol. The van der Waals surface area contributed by atoms with Crippen LogP contribution in [0.1, 0.15) is 31.2 Å². The molecule has 1 aromatic heterocycles. The molecule has 8 nitrogen and oxygen atoms in total. The first-order chi connectivity index (χ1) is 15.0. The molecule has 1 aliphatic rings. The van der Waals surface area contributed by atoms with Crippen molar-refractivity contribution in [2.75, 3.05) is 25.5 Å². The third-order valence-electron chi connectivity index (χ3n) is 6.18. The Morgan fingerprint density at radius 1 is 1.26 bits per heavy atom. The number of amides is 1. The van der Waals surface area contributed by atoms with Gasteiger partial charge in [-0.15, -0.1) is 0 Å². The lowest BCUT2D eigenvalue weighted by molar-refractivity contribution is -0.384. The zero-order chi connectivity index (χ0) is 22.0. The first kappa shape index (κ1) is 20.9. The van der Waals surface area contributed by atoms with E-state index in [1.54, 1.807) is 6.07 Å². The number of anilines is 1. The van der Waals surface area contributed by atoms with E-state index in [0.717, 1.165) is 31.4 Å². The van der Waals surface area contributed by atoms with E-state index in [4.69, 9.17) is 4.74 Å². The number of likely N-dealkylation sites (tertiary alicyclic amines) is 1. The van der Waals surface area contributed by atoms with Crippen molar-refractivity contribution < 1.29 is 14.5 Å². The Labute approximate surface area is 180 Å². The van der Waals surface area contributed by atoms with Gasteiger partial charge in [-0.25, -0.2) is 0 Å². The van der Waals surface area contributed by atoms with Gasteiger partial charge < -0.3 is 15.0 Å². The average Bonchev–Trinajstić information content (AvgIpc) is 3.23. The molecule has 0 saturated carbocycles. The molecule has 1 atom stereocenters. The maximum atomic E-state index is 12.8. The molecular formula is C23H26N4O4. The van der Waals surface area contributed by atoms with Crippen LogP contribution in [0, 0.1) is 10.1 Å². The van der Waals surface area contributed by atoms with Crippen molar-refractivity contribution in [3.63, 3.8) is 0 Å². The Morgan fingerprint density at radius 2 is 2.00 bits per heavy atom. The number of carbonyl (C=O) groups is 1. The lowest BCUT2D eigenvalue weighted by Gasteiger charge is -2.35. The Kier molecular flexibility index (Phi) is 5.90. The molecule has 162 valence electrons. The third kappa shape index (κ3) is 4.25. The molecule has 1 fully saturated rings. The summed E-state index contributed by atoms with van der Waals surface area (Å²) in [7, 11) is 1.44. The summed E-state index contributed by atoms with van der Waals surface area (Å²) in [6, 6.07) is 12.3. The van der Waals surface area contributed by atoms with E-state index in [0.29, 0.717) is 11.7 Å². The highest BCUT2D eigenvalue weighted by Crippen LogP contribution is 2.34. The molecule has 0 bridgehead atoms. The van der Waals surface area contributed by atoms with Crippen LogP contribution in [-0.4, -0.2) is 47.0 Å². The number of nitro benzene ring substituents is 1. The van der Waals surface area contributed by atoms with Gasteiger partial charge in [0.05, 0.1) is 24.1 Å². The van der Waals surface area contributed by atoms with Crippen LogP contribution in [0.4, 0.5) is 11.4 Å². The van der Waals surface area contributed by atoms with Crippen molar-refractivity contribution in [1.82, 2.24) is 9.88 Å². The average molecular weight is 422 g/mol. The summed E-state index contributed by atoms with van der Waals surface area (Å²) in [5, 5.41) is 15.4. The van der Waals surface area contributed by atoms with Gasteiger partial charge in [0.1, 0.15) is 11.4 Å². The van der Waals surface area contributed by atoms with Gasteiger partial charge in [-0.3, -0.25) is 19.8 Å². The number of benzene rings is 2. The largest absolute Gasteiger partial charge is 0.496 e. The number of nitrogens with zero attached hydrogens (tertiary/aromatic N) is 2. The van der Waals surface area contributed by atoms with Crippen molar-refractivity contribution in [2.45, 2.75) is 31.7 Å². The maximum Gasteiger partial charge on any atom is 0.296 e. The number of hydrogen-bond acceptors (Lipinski definition) is 5. The van der Waals surface area contributed by atoms with E-state index in [-0.39, 0.29) is 23.3 Å². The molecule has 8 heteroatoms. The highest BCUT2D eigenvalue weighted by molar-refractivity contribution is 5.96. The number of methoxy groups -OCH3 is 1. The van der Waals surface area contributed by atoms with Crippen molar-refractivity contribution >= 4 is 28.2 Å². The predicted molar refractivity (Wildman–Crippen MR) is 120 cm³/mol. The summed E-state index contributed by atoms with van der Waals surface area (Å²) in [4.78, 5) is 29.1. The number of fused-ring (bicyclic) bond motifs is 1. The number of hydrogen-bond donors (Lipinski definition) is 2. The number of piperidine rings is 1. The summed E-state index contributed by atoms with van der Waals surface area (Å²) >= 11 is 0. The van der Waals surface area contributed by atoms with Gasteiger partial charge in [0.15, 0.2) is 0 Å². The Morgan fingerprint density at radius 3 is 2.71 bits per heavy atom. The summed E-state index contributed by atoms with van der Waals surface area (Å²) in [6.07, 6.45) is 4.02. The second-order valence-corrected chi connectivity index (χ2v) is 7.91. The Hall–Kier alpha value is -3.39. The molecule has 0 radical (unpaired) electrons. The number of nitro groups is 1. The number of para-hydroxylation sites is 1. The van der Waals surface area contributed by atoms with Crippen LogP contribution in [0.25, 0.3) is 10.9 Å². The zero-order valence-electron chi connectivity index (χ0n) is 17.6. The van der Waals surface area contributed by atoms with Gasteiger partial charge >= 0.3 is 0 Å². The number of nitrogens with one attached hydrogen (secondary N) is 2. The molecule has 0 spiro atoms. The first-order valence-corrected chi connectivity index (χ1v) is 10.4. The molecular weight excluding hydrogens is 396 g/mol. The normalized spacial score (nSPS) is 16.2. The van der Waals surface area contributed by atoms with Crippen molar-refractivity contribution in [3.8, 4) is 5.75 Å². The van der Waals surface area contributed by atoms with Gasteiger partial charge in [0, 0.05) is 17.1 Å². The fraction of sp³-hybridized carbons (Fsp3) is 0.348. The molecule has 1 aliphatic heterocycles. The van der Waals surface area contributed by atoms with E-state index >= 15 is 0 Å². The zero-order valence-corrected chi connectivity index (χ0v) is 17.6. The summed E-state index contributed by atoms with van der Waals surface area (Å²) in [6.45, 7) is 3.43. The van der Waals surface area contributed by atoms with Gasteiger partial charge in [0.25, 0.3) is 5.69 Å². The van der Waals surface area contributed by atoms with Crippen molar-refractivity contribution in [3.05, 3.63) is 64.3 Å². The van der Waals surface area contributed by atoms with Gasteiger partial charge in [-0.05, 0) is 62.5 Å². The predicted octanol–water partition coefficient (Wildman–Crippen LogP) is 4.29. The molecule has 2 aromatic carbocycles. The summed E-state index contributed by atoms with van der Waals surface area (Å²) < 4.78 is 5.05. The lowest BCUT2D eigenvalue weighted by atomic mass is 9.88. The molecule has 2 heterocycles. The maximum absolute atomic E-state index is 12.8. The number of aromatic nitrogens is 1. The number of rotatable bonds is 6. The van der Waals surface area contributed by atoms with E-state index in [2.05, 4.69) is 39.6 Å². The van der Waals surface area contributed by atoms with E-state index in [1.807, 2.05) is 13.0 Å². The fourth-order valence-electron chi connectivity index (χ4n) is 4.33. The minimum Gasteiger partial charge on any atom is -0.496 e. The minimum atomic E-state index is -0.518. The number of aromatic amines is 1. The van der Waals surface area contributed by atoms with Crippen molar-refractivity contribution in [2.24, 2.45) is 0 Å². The number of carbonyl (C=O) groups excluding carboxylic acids is 1. The quantitative estimate of drug-likeness (QED) is 0.456. The van der Waals surface area contributed by atoms with Crippen LogP contribution < -0.4 is 10.1 Å². The number of H-pyrrole nitrogens is 1. The second-order valence-electron chi connectivity index (χ2n) is 7.91.